The number of carboxylic acid groups (broad SMARTS) is 1. The highest BCUT2D eigenvalue weighted by Gasteiger charge is 2.21. The van der Waals surface area contributed by atoms with Gasteiger partial charge in [-0.15, -0.1) is 0 Å². The van der Waals surface area contributed by atoms with Gasteiger partial charge in [-0.1, -0.05) is 272 Å². The second-order valence-corrected chi connectivity index (χ2v) is 27.7. The van der Waals surface area contributed by atoms with Crippen molar-refractivity contribution in [3.8, 4) is 30.3 Å². The maximum atomic E-state index is 13.1. The molecule has 1 aliphatic heterocycles. The van der Waals surface area contributed by atoms with Crippen LogP contribution in [-0.2, 0) is 24.0 Å². The molecule has 0 spiro atoms. The summed E-state index contributed by atoms with van der Waals surface area (Å²) in [6, 6.07) is 76.4. The van der Waals surface area contributed by atoms with Gasteiger partial charge < -0.3 is 37.1 Å². The minimum atomic E-state index is -1.07. The van der Waals surface area contributed by atoms with Crippen molar-refractivity contribution in [2.24, 2.45) is 10.7 Å². The quantitative estimate of drug-likeness (QED) is 0.00951. The molecule has 10 aromatic rings. The Bertz CT molecular complexity index is 5250. The molecule has 5 aromatic carbocycles. The zero-order valence-electron chi connectivity index (χ0n) is 71.4. The Labute approximate surface area is 754 Å². The van der Waals surface area contributed by atoms with Crippen LogP contribution >= 0.6 is 23.2 Å². The molecule has 0 saturated carbocycles. The molecule has 4 amide bonds. The number of imidazole rings is 1. The van der Waals surface area contributed by atoms with Gasteiger partial charge in [0.25, 0.3) is 17.7 Å². The van der Waals surface area contributed by atoms with Gasteiger partial charge in [0.1, 0.15) is 69.5 Å². The fourth-order valence-corrected chi connectivity index (χ4v) is 11.5. The van der Waals surface area contributed by atoms with E-state index >= 15 is 0 Å². The van der Waals surface area contributed by atoms with Crippen LogP contribution in [0.1, 0.15) is 219 Å². The average Bonchev–Trinajstić information content (AvgIpc) is 0.926. The number of aldehydes is 3. The van der Waals surface area contributed by atoms with Crippen LogP contribution in [0.25, 0.3) is 12.2 Å². The van der Waals surface area contributed by atoms with E-state index in [4.69, 9.17) is 44.6 Å². The molecule has 0 fully saturated rings. The standard InChI is InChI=1S/C19H18ClN3O.C19H18FN3O.C18H19N3O.C13H16N2O.C10H15N.C6H4ClNO.C6H4FNO.C4H4N2O.C3H3NO2/c2*1-2-7-17(14-8-4-3-5-9-14)23-19(24)15(13-21)12-16-10-6-11-18(20)22-16;1-2-7-17(14-8-4-3-5-9-14)21-18(22)15(13-19)12-16-10-6-11-20-16;1-2-6-12(15-13(16)9-10-14)11-7-4-3-5-8-11;1-2-6-10(11)9-7-4-3-5-8-9;2*7-6-3-1-2-5(4-9)8-6;7-3-4-5-1-2-6-4;4-2-1-3(5)6/h2*3-6,8-12,17H,2,7H2,1H3,(H,23,24);3-6,8-9,11-12,17H,2,7,10H2,1H3,(H,21,22);3-5,7-8,12H,2,6,9H2,1H3,(H,15,16);3-5,7-8,10H,2,6,11H2,1H3;2*1-4H;1-3H,(H,5,6);1H2,(H,5,6)/b3*15-12+;;;;;;/t3*17-;12-;10-;;;;/m00000..../s1. The summed E-state index contributed by atoms with van der Waals surface area (Å²) in [7, 11) is 0. The minimum Gasteiger partial charge on any atom is -0.480 e. The number of carbonyl (C=O) groups excluding carboxylic acids is 7. The van der Waals surface area contributed by atoms with Crippen molar-refractivity contribution in [1.29, 1.82) is 26.3 Å². The van der Waals surface area contributed by atoms with Crippen molar-refractivity contribution in [3.05, 3.63) is 351 Å². The van der Waals surface area contributed by atoms with Gasteiger partial charge in [0.15, 0.2) is 24.7 Å². The van der Waals surface area contributed by atoms with Crippen molar-refractivity contribution < 1.29 is 52.2 Å². The maximum Gasteiger partial charge on any atom is 0.317 e. The number of carbonyl (C=O) groups is 8. The van der Waals surface area contributed by atoms with Gasteiger partial charge in [-0.25, -0.2) is 24.9 Å². The predicted octanol–water partition coefficient (Wildman–Crippen LogP) is 19.4. The summed E-state index contributed by atoms with van der Waals surface area (Å²) in [5, 5.41) is 63.8. The second kappa shape index (κ2) is 65.4. The number of pyridine rings is 4. The average molecular weight is 1770 g/mol. The van der Waals surface area contributed by atoms with E-state index < -0.39 is 36.1 Å². The van der Waals surface area contributed by atoms with Crippen LogP contribution in [0.4, 0.5) is 8.78 Å². The maximum absolute atomic E-state index is 13.1. The van der Waals surface area contributed by atoms with E-state index in [2.05, 4.69) is 96.0 Å². The zero-order chi connectivity index (χ0) is 93.9. The number of hydrogen-bond acceptors (Lipinski definition) is 20. The summed E-state index contributed by atoms with van der Waals surface area (Å²) < 4.78 is 25.2. The Hall–Kier alpha value is -15.3. The van der Waals surface area contributed by atoms with Gasteiger partial charge in [0.2, 0.25) is 17.8 Å². The lowest BCUT2D eigenvalue weighted by Gasteiger charge is -2.18. The molecule has 1 aliphatic rings. The van der Waals surface area contributed by atoms with E-state index in [0.29, 0.717) is 52.8 Å². The van der Waals surface area contributed by atoms with Crippen LogP contribution in [0.15, 0.2) is 277 Å². The number of aliphatic carboxylic acids is 1. The molecule has 11 rings (SSSR count). The third-order valence-electron chi connectivity index (χ3n) is 17.1. The first-order valence-electron chi connectivity index (χ1n) is 40.6. The van der Waals surface area contributed by atoms with Gasteiger partial charge in [-0.2, -0.15) is 35.1 Å². The molecule has 0 aliphatic carbocycles. The van der Waals surface area contributed by atoms with E-state index in [1.807, 2.05) is 177 Å². The van der Waals surface area contributed by atoms with Crippen molar-refractivity contribution in [2.75, 3.05) is 0 Å². The van der Waals surface area contributed by atoms with Crippen molar-refractivity contribution >= 4 is 89.5 Å². The second-order valence-electron chi connectivity index (χ2n) is 27.0. The highest BCUT2D eigenvalue weighted by atomic mass is 35.5. The van der Waals surface area contributed by atoms with Gasteiger partial charge in [-0.3, -0.25) is 43.3 Å². The Kier molecular flexibility index (Phi) is 54.7. The predicted molar refractivity (Wildman–Crippen MR) is 489 cm³/mol. The summed E-state index contributed by atoms with van der Waals surface area (Å²) in [6.45, 7) is 10.4. The fourth-order valence-electron chi connectivity index (χ4n) is 11.2. The Balaban J connectivity index is 0.000000385. The number of hydrogen-bond donors (Lipinski definition) is 7. The van der Waals surface area contributed by atoms with E-state index in [-0.39, 0.29) is 76.6 Å². The van der Waals surface area contributed by atoms with Crippen LogP contribution in [0, 0.1) is 68.6 Å². The molecule has 26 nitrogen and oxygen atoms in total. The van der Waals surface area contributed by atoms with E-state index in [9.17, 15) is 62.9 Å². The molecule has 5 atom stereocenters. The van der Waals surface area contributed by atoms with Crippen LogP contribution in [-0.4, -0.2) is 89.2 Å². The zero-order valence-corrected chi connectivity index (χ0v) is 72.9. The number of aliphatic imine (C=N–C) groups is 1. The molecule has 0 bridgehead atoms. The van der Waals surface area contributed by atoms with Crippen molar-refractivity contribution in [1.82, 2.24) is 51.2 Å². The Morgan fingerprint density at radius 1 is 0.445 bits per heavy atom. The first kappa shape index (κ1) is 107. The van der Waals surface area contributed by atoms with Gasteiger partial charge >= 0.3 is 5.97 Å². The third-order valence-corrected chi connectivity index (χ3v) is 17.6. The number of halogens is 4. The number of carboxylic acids is 1. The molecular formula is C98H101Cl2F2N17O9. The fraction of sp³-hybridized carbons (Fsp3) is 0.235. The first-order valence-corrected chi connectivity index (χ1v) is 41.4. The van der Waals surface area contributed by atoms with Crippen molar-refractivity contribution in [2.45, 2.75) is 148 Å². The van der Waals surface area contributed by atoms with Crippen molar-refractivity contribution in [3.63, 3.8) is 0 Å². The number of aromatic amines is 1. The molecule has 0 radical (unpaired) electrons. The molecule has 6 heterocycles. The largest absolute Gasteiger partial charge is 0.480 e. The SMILES string of the molecule is CCC[C@H](N)c1ccccc1.CCC[C@H](NC(=O)/C(C#N)=C/C1=NC=CC1)c1ccccc1.CCC[C@H](NC(=O)/C(C#N)=C/c1cccc(Cl)n1)c1ccccc1.CCC[C@H](NC(=O)/C(C#N)=C/c1cccc(F)n1)c1ccccc1.CCC[C@H](NC(=O)CC#N)c1ccccc1.N#CCC(=O)O.O=Cc1cccc(Cl)n1.O=Cc1cccc(F)n1.O=Cc1ncc[nH]1. The summed E-state index contributed by atoms with van der Waals surface area (Å²) in [5.41, 5.74) is 13.2. The van der Waals surface area contributed by atoms with Crippen LogP contribution in [0.3, 0.4) is 0 Å². The number of benzene rings is 5. The number of rotatable bonds is 30. The number of nitrogens with one attached hydrogen (secondary N) is 5. The smallest absolute Gasteiger partial charge is 0.317 e. The molecule has 128 heavy (non-hydrogen) atoms. The number of amides is 4. The molecule has 0 unspecified atom stereocenters. The molecular weight excluding hydrogens is 1670 g/mol. The van der Waals surface area contributed by atoms with Gasteiger partial charge in [0.05, 0.1) is 47.7 Å². The lowest BCUT2D eigenvalue weighted by Crippen LogP contribution is -2.29. The number of nitrogens with two attached hydrogens (primary N) is 1. The monoisotopic (exact) mass is 1770 g/mol. The highest BCUT2D eigenvalue weighted by molar-refractivity contribution is 6.29. The summed E-state index contributed by atoms with van der Waals surface area (Å²) >= 11 is 11.3. The molecule has 8 N–H and O–H groups in total. The van der Waals surface area contributed by atoms with E-state index in [0.717, 1.165) is 92.2 Å². The van der Waals surface area contributed by atoms with Gasteiger partial charge in [0, 0.05) is 36.8 Å². The number of nitrogens with zero attached hydrogens (tertiary/aromatic N) is 11. The third kappa shape index (κ3) is 45.2. The summed E-state index contributed by atoms with van der Waals surface area (Å²) in [6.07, 6.45) is 22.2. The van der Waals surface area contributed by atoms with E-state index in [1.54, 1.807) is 54.9 Å². The highest BCUT2D eigenvalue weighted by Crippen LogP contribution is 2.24. The van der Waals surface area contributed by atoms with Crippen LogP contribution in [0.2, 0.25) is 10.3 Å². The molecule has 0 saturated heterocycles. The molecule has 660 valence electrons. The first-order chi connectivity index (χ1) is 62.0. The van der Waals surface area contributed by atoms with Crippen LogP contribution in [0.5, 0.6) is 0 Å². The lowest BCUT2D eigenvalue weighted by atomic mass is 10.0. The van der Waals surface area contributed by atoms with Crippen LogP contribution < -0.4 is 27.0 Å². The Morgan fingerprint density at radius 2 is 0.789 bits per heavy atom. The number of allylic oxidation sites excluding steroid dienone is 2. The molecule has 5 aromatic heterocycles. The minimum absolute atomic E-state index is 0.00167. The Morgan fingerprint density at radius 3 is 1.08 bits per heavy atom. The topological polar surface area (TPSA) is 442 Å². The normalized spacial score (nSPS) is 11.8. The van der Waals surface area contributed by atoms with Gasteiger partial charge in [-0.05, 0) is 127 Å². The lowest BCUT2D eigenvalue weighted by molar-refractivity contribution is -0.136. The molecule has 30 heteroatoms. The summed E-state index contributed by atoms with van der Waals surface area (Å²) in [4.78, 5) is 113. The van der Waals surface area contributed by atoms with E-state index in [1.165, 1.54) is 66.4 Å². The number of nitriles is 5. The number of H-pyrrole nitrogens is 1. The summed E-state index contributed by atoms with van der Waals surface area (Å²) in [5.74, 6) is -3.44. The number of aromatic nitrogens is 6.